The highest BCUT2D eigenvalue weighted by atomic mass is 35.5. The standard InChI is InChI=1S/C45H52ClN5O3/c1-34(2)40-16-9-36(10-17-40)15-22-44(53)51(33-39-13-20-42(21-14-39)49-29-27-48(28-30-49)35(3)52)43(31-37-7-5-4-6-8-37)45(54)50-25-23-47(24-26-50)32-38-11-18-41(46)19-12-38/h4-22,34,43H,23-33H2,1-3H3. The lowest BCUT2D eigenvalue weighted by Crippen LogP contribution is -2.56. The number of piperazine rings is 2. The summed E-state index contributed by atoms with van der Waals surface area (Å²) >= 11 is 6.11. The highest BCUT2D eigenvalue weighted by Gasteiger charge is 2.34. The van der Waals surface area contributed by atoms with E-state index in [2.05, 4.69) is 60.0 Å². The minimum Gasteiger partial charge on any atom is -0.368 e. The van der Waals surface area contributed by atoms with Gasteiger partial charge in [0.2, 0.25) is 17.7 Å². The van der Waals surface area contributed by atoms with E-state index >= 15 is 0 Å². The van der Waals surface area contributed by atoms with Gasteiger partial charge in [-0.1, -0.05) is 104 Å². The monoisotopic (exact) mass is 745 g/mol. The molecule has 0 radical (unpaired) electrons. The van der Waals surface area contributed by atoms with Crippen molar-refractivity contribution >= 4 is 41.1 Å². The van der Waals surface area contributed by atoms with Crippen molar-refractivity contribution in [2.24, 2.45) is 0 Å². The molecule has 0 spiro atoms. The highest BCUT2D eigenvalue weighted by molar-refractivity contribution is 6.30. The first-order valence-corrected chi connectivity index (χ1v) is 19.5. The summed E-state index contributed by atoms with van der Waals surface area (Å²) in [4.78, 5) is 51.2. The number of hydrogen-bond donors (Lipinski definition) is 0. The maximum atomic E-state index is 14.7. The molecule has 2 aliphatic heterocycles. The Morgan fingerprint density at radius 3 is 1.93 bits per heavy atom. The SMILES string of the molecule is CC(=O)N1CCN(c2ccc(CN(C(=O)C=Cc3ccc(C(C)C)cc3)C(Cc3ccccc3)C(=O)N3CCN(Cc4ccc(Cl)cc4)CC3)cc2)CC1. The van der Waals surface area contributed by atoms with E-state index < -0.39 is 6.04 Å². The molecule has 4 aromatic carbocycles. The number of rotatable bonds is 12. The lowest BCUT2D eigenvalue weighted by atomic mass is 10.0. The average Bonchev–Trinajstić information content (AvgIpc) is 3.20. The van der Waals surface area contributed by atoms with Gasteiger partial charge in [-0.3, -0.25) is 19.3 Å². The van der Waals surface area contributed by atoms with Gasteiger partial charge in [0.25, 0.3) is 0 Å². The van der Waals surface area contributed by atoms with Crippen LogP contribution in [0.3, 0.4) is 0 Å². The van der Waals surface area contributed by atoms with E-state index in [9.17, 15) is 14.4 Å². The maximum absolute atomic E-state index is 14.7. The van der Waals surface area contributed by atoms with Gasteiger partial charge < -0.3 is 19.6 Å². The van der Waals surface area contributed by atoms with Gasteiger partial charge in [0.05, 0.1) is 0 Å². The second kappa shape index (κ2) is 18.4. The van der Waals surface area contributed by atoms with Crippen molar-refractivity contribution in [3.05, 3.63) is 142 Å². The van der Waals surface area contributed by atoms with Gasteiger partial charge in [-0.05, 0) is 64.1 Å². The number of nitrogens with zero attached hydrogens (tertiary/aromatic N) is 5. The Morgan fingerprint density at radius 2 is 1.31 bits per heavy atom. The van der Waals surface area contributed by atoms with Crippen LogP contribution < -0.4 is 4.90 Å². The Bertz CT molecular complexity index is 1860. The molecular weight excluding hydrogens is 694 g/mol. The smallest absolute Gasteiger partial charge is 0.247 e. The molecule has 54 heavy (non-hydrogen) atoms. The fourth-order valence-electron chi connectivity index (χ4n) is 7.24. The molecule has 2 saturated heterocycles. The van der Waals surface area contributed by atoms with E-state index in [1.54, 1.807) is 17.9 Å². The zero-order valence-corrected chi connectivity index (χ0v) is 32.5. The topological polar surface area (TPSA) is 67.4 Å². The number of halogens is 1. The number of anilines is 1. The van der Waals surface area contributed by atoms with E-state index in [0.717, 1.165) is 60.1 Å². The van der Waals surface area contributed by atoms with Crippen molar-refractivity contribution in [1.82, 2.24) is 19.6 Å². The summed E-state index contributed by atoms with van der Waals surface area (Å²) in [6.07, 6.45) is 3.87. The van der Waals surface area contributed by atoms with E-state index in [-0.39, 0.29) is 24.3 Å². The lowest BCUT2D eigenvalue weighted by Gasteiger charge is -2.39. The molecule has 1 atom stereocenters. The first kappa shape index (κ1) is 38.8. The van der Waals surface area contributed by atoms with E-state index in [0.29, 0.717) is 38.5 Å². The Morgan fingerprint density at radius 1 is 0.704 bits per heavy atom. The van der Waals surface area contributed by atoms with Crippen LogP contribution in [-0.2, 0) is 33.9 Å². The summed E-state index contributed by atoms with van der Waals surface area (Å²) in [5.74, 6) is 0.285. The number of carbonyl (C=O) groups excluding carboxylic acids is 3. The molecule has 0 aliphatic carbocycles. The molecule has 4 aromatic rings. The van der Waals surface area contributed by atoms with E-state index in [1.807, 2.05) is 82.6 Å². The molecule has 9 heteroatoms. The molecule has 0 bridgehead atoms. The minimum atomic E-state index is -0.699. The summed E-state index contributed by atoms with van der Waals surface area (Å²) in [5.41, 5.74) is 6.40. The van der Waals surface area contributed by atoms with Crippen molar-refractivity contribution in [3.8, 4) is 0 Å². The van der Waals surface area contributed by atoms with Crippen molar-refractivity contribution in [1.29, 1.82) is 0 Å². The number of carbonyl (C=O) groups is 3. The molecule has 2 heterocycles. The molecule has 1 unspecified atom stereocenters. The molecule has 8 nitrogen and oxygen atoms in total. The predicted octanol–water partition coefficient (Wildman–Crippen LogP) is 7.13. The molecule has 0 saturated carbocycles. The van der Waals surface area contributed by atoms with Crippen LogP contribution in [0.1, 0.15) is 54.5 Å². The third-order valence-electron chi connectivity index (χ3n) is 10.6. The quantitative estimate of drug-likeness (QED) is 0.145. The number of benzene rings is 4. The zero-order valence-electron chi connectivity index (χ0n) is 31.7. The van der Waals surface area contributed by atoms with Crippen LogP contribution in [0, 0.1) is 0 Å². The van der Waals surface area contributed by atoms with Crippen LogP contribution in [0.2, 0.25) is 5.02 Å². The van der Waals surface area contributed by atoms with Gasteiger partial charge in [-0.15, -0.1) is 0 Å². The van der Waals surface area contributed by atoms with Crippen LogP contribution in [0.25, 0.3) is 6.08 Å². The van der Waals surface area contributed by atoms with Gasteiger partial charge in [-0.25, -0.2) is 0 Å². The Labute approximate surface area is 325 Å². The van der Waals surface area contributed by atoms with Crippen LogP contribution >= 0.6 is 11.6 Å². The first-order valence-electron chi connectivity index (χ1n) is 19.1. The van der Waals surface area contributed by atoms with Crippen LogP contribution in [0.4, 0.5) is 5.69 Å². The molecule has 3 amide bonds. The Balaban J connectivity index is 1.24. The molecule has 282 valence electrons. The molecule has 0 N–H and O–H groups in total. The van der Waals surface area contributed by atoms with E-state index in [4.69, 9.17) is 11.6 Å². The molecule has 2 aliphatic rings. The summed E-state index contributed by atoms with van der Waals surface area (Å²) in [5, 5.41) is 0.719. The Kier molecular flexibility index (Phi) is 13.2. The van der Waals surface area contributed by atoms with Gasteiger partial charge in [0, 0.05) is 95.6 Å². The number of hydrogen-bond acceptors (Lipinski definition) is 5. The zero-order chi connectivity index (χ0) is 38.0. The number of amides is 3. The second-order valence-corrected chi connectivity index (χ2v) is 15.2. The van der Waals surface area contributed by atoms with Crippen molar-refractivity contribution in [2.75, 3.05) is 57.3 Å². The van der Waals surface area contributed by atoms with Gasteiger partial charge in [-0.2, -0.15) is 0 Å². The molecule has 0 aromatic heterocycles. The van der Waals surface area contributed by atoms with Crippen LogP contribution in [-0.4, -0.2) is 95.7 Å². The normalized spacial score (nSPS) is 15.8. The second-order valence-electron chi connectivity index (χ2n) is 14.7. The van der Waals surface area contributed by atoms with Gasteiger partial charge >= 0.3 is 0 Å². The summed E-state index contributed by atoms with van der Waals surface area (Å²) in [6.45, 7) is 12.6. The third-order valence-corrected chi connectivity index (χ3v) is 10.9. The minimum absolute atomic E-state index is 0.0343. The average molecular weight is 746 g/mol. The fraction of sp³-hybridized carbons (Fsp3) is 0.356. The van der Waals surface area contributed by atoms with E-state index in [1.165, 1.54) is 11.1 Å². The van der Waals surface area contributed by atoms with Crippen molar-refractivity contribution < 1.29 is 14.4 Å². The van der Waals surface area contributed by atoms with Gasteiger partial charge in [0.15, 0.2) is 0 Å². The van der Waals surface area contributed by atoms with Crippen molar-refractivity contribution in [3.63, 3.8) is 0 Å². The summed E-state index contributed by atoms with van der Waals surface area (Å²) in [7, 11) is 0. The molecular formula is C45H52ClN5O3. The molecule has 2 fully saturated rings. The molecule has 6 rings (SSSR count). The largest absolute Gasteiger partial charge is 0.368 e. The third kappa shape index (κ3) is 10.4. The summed E-state index contributed by atoms with van der Waals surface area (Å²) in [6, 6.07) is 33.8. The van der Waals surface area contributed by atoms with Gasteiger partial charge in [0.1, 0.15) is 6.04 Å². The lowest BCUT2D eigenvalue weighted by molar-refractivity contribution is -0.145. The summed E-state index contributed by atoms with van der Waals surface area (Å²) < 4.78 is 0. The van der Waals surface area contributed by atoms with Crippen molar-refractivity contribution in [2.45, 2.75) is 52.2 Å². The maximum Gasteiger partial charge on any atom is 0.247 e. The Hall–Kier alpha value is -4.92. The fourth-order valence-corrected chi connectivity index (χ4v) is 7.36. The van der Waals surface area contributed by atoms with Crippen LogP contribution in [0.5, 0.6) is 0 Å². The van der Waals surface area contributed by atoms with Crippen LogP contribution in [0.15, 0.2) is 109 Å². The highest BCUT2D eigenvalue weighted by Crippen LogP contribution is 2.23. The predicted molar refractivity (Wildman–Crippen MR) is 218 cm³/mol. The first-order chi connectivity index (χ1) is 26.1.